The summed E-state index contributed by atoms with van der Waals surface area (Å²) in [7, 11) is 4.22. The van der Waals surface area contributed by atoms with Gasteiger partial charge in [0.15, 0.2) is 5.11 Å². The highest BCUT2D eigenvalue weighted by Gasteiger charge is 2.40. The predicted molar refractivity (Wildman–Crippen MR) is 131 cm³/mol. The number of thiocarbonyl (C=S) groups is 1. The van der Waals surface area contributed by atoms with E-state index in [1.807, 2.05) is 18.3 Å². The van der Waals surface area contributed by atoms with Crippen LogP contribution >= 0.6 is 12.2 Å². The minimum absolute atomic E-state index is 0.00764. The number of aromatic nitrogens is 2. The number of aryl methyl sites for hydroxylation is 2. The summed E-state index contributed by atoms with van der Waals surface area (Å²) in [6.45, 7) is 6.24. The van der Waals surface area contributed by atoms with Gasteiger partial charge in [0.25, 0.3) is 0 Å². The number of pyridine rings is 1. The summed E-state index contributed by atoms with van der Waals surface area (Å²) in [5.41, 5.74) is 6.00. The fourth-order valence-electron chi connectivity index (χ4n) is 4.27. The summed E-state index contributed by atoms with van der Waals surface area (Å²) in [6.07, 6.45) is 5.05. The van der Waals surface area contributed by atoms with Gasteiger partial charge in [-0.1, -0.05) is 12.1 Å². The van der Waals surface area contributed by atoms with Crippen LogP contribution < -0.4 is 5.32 Å². The molecule has 1 aromatic carbocycles. The van der Waals surface area contributed by atoms with E-state index < -0.39 is 0 Å². The van der Waals surface area contributed by atoms with Crippen LogP contribution in [0.25, 0.3) is 5.69 Å². The van der Waals surface area contributed by atoms with E-state index in [1.54, 1.807) is 0 Å². The average Bonchev–Trinajstić information content (AvgIpc) is 3.35. The third-order valence-corrected chi connectivity index (χ3v) is 6.41. The van der Waals surface area contributed by atoms with Crippen LogP contribution in [-0.4, -0.2) is 51.6 Å². The third kappa shape index (κ3) is 4.50. The van der Waals surface area contributed by atoms with Gasteiger partial charge >= 0.3 is 0 Å². The second-order valence-electron chi connectivity index (χ2n) is 8.55. The molecule has 1 saturated heterocycles. The fourth-order valence-corrected chi connectivity index (χ4v) is 4.60. The number of benzene rings is 1. The van der Waals surface area contributed by atoms with E-state index in [0.29, 0.717) is 0 Å². The topological polar surface area (TPSA) is 36.3 Å². The second-order valence-corrected chi connectivity index (χ2v) is 8.94. The van der Waals surface area contributed by atoms with E-state index >= 15 is 0 Å². The van der Waals surface area contributed by atoms with Gasteiger partial charge in [-0.25, -0.2) is 0 Å². The zero-order chi connectivity index (χ0) is 22.0. The number of hydrogen-bond acceptors (Lipinski definition) is 3. The molecule has 1 fully saturated rings. The maximum absolute atomic E-state index is 5.81. The molecule has 1 aliphatic heterocycles. The highest BCUT2D eigenvalue weighted by Crippen LogP contribution is 2.39. The highest BCUT2D eigenvalue weighted by molar-refractivity contribution is 7.80. The van der Waals surface area contributed by atoms with Crippen LogP contribution in [0.2, 0.25) is 0 Å². The van der Waals surface area contributed by atoms with Crippen molar-refractivity contribution in [3.8, 4) is 5.69 Å². The molecular formula is C25H31N5S. The van der Waals surface area contributed by atoms with Crippen molar-refractivity contribution in [3.63, 3.8) is 0 Å². The molecule has 0 unspecified atom stereocenters. The quantitative estimate of drug-likeness (QED) is 0.559. The van der Waals surface area contributed by atoms with E-state index in [0.717, 1.165) is 30.3 Å². The zero-order valence-electron chi connectivity index (χ0n) is 18.7. The summed E-state index contributed by atoms with van der Waals surface area (Å²) in [5, 5.41) is 4.36. The van der Waals surface area contributed by atoms with Crippen LogP contribution in [0.3, 0.4) is 0 Å². The van der Waals surface area contributed by atoms with Gasteiger partial charge < -0.3 is 19.7 Å². The molecule has 0 saturated carbocycles. The Balaban J connectivity index is 1.74. The van der Waals surface area contributed by atoms with Crippen molar-refractivity contribution >= 4 is 17.3 Å². The summed E-state index contributed by atoms with van der Waals surface area (Å²) < 4.78 is 2.29. The molecule has 0 aliphatic carbocycles. The molecule has 1 N–H and O–H groups in total. The average molecular weight is 434 g/mol. The van der Waals surface area contributed by atoms with Gasteiger partial charge in [-0.15, -0.1) is 0 Å². The lowest BCUT2D eigenvalue weighted by molar-refractivity contribution is 0.286. The zero-order valence-corrected chi connectivity index (χ0v) is 19.6. The van der Waals surface area contributed by atoms with Crippen molar-refractivity contribution in [3.05, 3.63) is 83.4 Å². The molecule has 2 aromatic heterocycles. The SMILES string of the molecule is Cc1ccc(-n2cccc2[C@@H]2[C@H](c3ccccn3)NC(=S)N2CCCN(C)C)cc1C. The van der Waals surface area contributed by atoms with Crippen molar-refractivity contribution in [2.75, 3.05) is 27.2 Å². The van der Waals surface area contributed by atoms with E-state index in [-0.39, 0.29) is 12.1 Å². The molecular weight excluding hydrogens is 402 g/mol. The lowest BCUT2D eigenvalue weighted by Crippen LogP contribution is -2.33. The molecule has 3 aromatic rings. The summed E-state index contributed by atoms with van der Waals surface area (Å²) in [6, 6.07) is 17.1. The van der Waals surface area contributed by atoms with Crippen LogP contribution in [-0.2, 0) is 0 Å². The van der Waals surface area contributed by atoms with Gasteiger partial charge in [0, 0.05) is 30.3 Å². The van der Waals surface area contributed by atoms with Crippen molar-refractivity contribution in [2.24, 2.45) is 0 Å². The maximum atomic E-state index is 5.81. The number of rotatable bonds is 7. The van der Waals surface area contributed by atoms with Crippen molar-refractivity contribution < 1.29 is 0 Å². The Bertz CT molecular complexity index is 1040. The van der Waals surface area contributed by atoms with Crippen LogP contribution in [0.1, 0.15) is 41.0 Å². The first-order valence-corrected chi connectivity index (χ1v) is 11.2. The number of nitrogens with one attached hydrogen (secondary N) is 1. The minimum Gasteiger partial charge on any atom is -0.352 e. The Morgan fingerprint density at radius 2 is 1.90 bits per heavy atom. The Hall–Kier alpha value is -2.70. The first-order valence-electron chi connectivity index (χ1n) is 10.8. The second kappa shape index (κ2) is 9.20. The summed E-state index contributed by atoms with van der Waals surface area (Å²) >= 11 is 5.81. The molecule has 6 heteroatoms. The Kier molecular flexibility index (Phi) is 6.39. The third-order valence-electron chi connectivity index (χ3n) is 6.05. The van der Waals surface area contributed by atoms with E-state index in [9.17, 15) is 0 Å². The predicted octanol–water partition coefficient (Wildman–Crippen LogP) is 4.41. The van der Waals surface area contributed by atoms with Crippen LogP contribution in [0.4, 0.5) is 0 Å². The standard InChI is InChI=1S/C25H31N5S/c1-18-11-12-20(17-19(18)2)29-15-7-10-22(29)24-23(21-9-5-6-13-26-21)27-25(31)30(24)16-8-14-28(3)4/h5-7,9-13,15,17,23-24H,8,14,16H2,1-4H3,(H,27,31)/t23-,24+/m0/s1. The molecule has 4 rings (SSSR count). The normalized spacial score (nSPS) is 18.6. The van der Waals surface area contributed by atoms with Gasteiger partial charge in [0.2, 0.25) is 0 Å². The van der Waals surface area contributed by atoms with Crippen molar-refractivity contribution in [1.29, 1.82) is 0 Å². The van der Waals surface area contributed by atoms with Gasteiger partial charge in [0.05, 0.1) is 17.8 Å². The van der Waals surface area contributed by atoms with Gasteiger partial charge in [-0.05, 0) is 101 Å². The lowest BCUT2D eigenvalue weighted by Gasteiger charge is -2.29. The molecule has 1 aliphatic rings. The molecule has 31 heavy (non-hydrogen) atoms. The maximum Gasteiger partial charge on any atom is 0.170 e. The fraction of sp³-hybridized carbons (Fsp3) is 0.360. The highest BCUT2D eigenvalue weighted by atomic mass is 32.1. The van der Waals surface area contributed by atoms with Crippen molar-refractivity contribution in [2.45, 2.75) is 32.4 Å². The van der Waals surface area contributed by atoms with Gasteiger partial charge in [-0.2, -0.15) is 0 Å². The van der Waals surface area contributed by atoms with Crippen LogP contribution in [0.15, 0.2) is 60.9 Å². The number of hydrogen-bond donors (Lipinski definition) is 1. The lowest BCUT2D eigenvalue weighted by atomic mass is 10.0. The molecule has 2 atom stereocenters. The minimum atomic E-state index is 0.00764. The first kappa shape index (κ1) is 21.5. The molecule has 0 amide bonds. The van der Waals surface area contributed by atoms with E-state index in [4.69, 9.17) is 12.2 Å². The largest absolute Gasteiger partial charge is 0.352 e. The summed E-state index contributed by atoms with van der Waals surface area (Å²) in [5.74, 6) is 0. The smallest absolute Gasteiger partial charge is 0.170 e. The van der Waals surface area contributed by atoms with Crippen LogP contribution in [0, 0.1) is 13.8 Å². The molecule has 3 heterocycles. The monoisotopic (exact) mass is 433 g/mol. The summed E-state index contributed by atoms with van der Waals surface area (Å²) in [4.78, 5) is 9.22. The molecule has 0 radical (unpaired) electrons. The van der Waals surface area contributed by atoms with E-state index in [1.165, 1.54) is 22.5 Å². The van der Waals surface area contributed by atoms with Gasteiger partial charge in [-0.3, -0.25) is 4.98 Å². The molecule has 5 nitrogen and oxygen atoms in total. The number of nitrogens with zero attached hydrogens (tertiary/aromatic N) is 4. The van der Waals surface area contributed by atoms with E-state index in [2.05, 4.69) is 95.2 Å². The molecule has 0 bridgehead atoms. The van der Waals surface area contributed by atoms with Gasteiger partial charge in [0.1, 0.15) is 0 Å². The Labute approximate surface area is 190 Å². The first-order chi connectivity index (χ1) is 15.0. The Morgan fingerprint density at radius 3 is 2.61 bits per heavy atom. The van der Waals surface area contributed by atoms with Crippen LogP contribution in [0.5, 0.6) is 0 Å². The molecule has 0 spiro atoms. The Morgan fingerprint density at radius 1 is 1.06 bits per heavy atom. The molecule has 162 valence electrons. The van der Waals surface area contributed by atoms with Crippen molar-refractivity contribution in [1.82, 2.24) is 24.7 Å².